The highest BCUT2D eigenvalue weighted by atomic mass is 16.5. The monoisotopic (exact) mass is 323 g/mol. The molecule has 7 heteroatoms. The first-order valence-electron chi connectivity index (χ1n) is 7.36. The van der Waals surface area contributed by atoms with Gasteiger partial charge in [0, 0.05) is 18.0 Å². The molecule has 3 heterocycles. The summed E-state index contributed by atoms with van der Waals surface area (Å²) >= 11 is 0. The number of pyridine rings is 1. The lowest BCUT2D eigenvalue weighted by atomic mass is 10.1. The number of amides is 1. The second-order valence-electron chi connectivity index (χ2n) is 5.29. The van der Waals surface area contributed by atoms with Gasteiger partial charge in [0.05, 0.1) is 16.8 Å². The number of hydrogen-bond donors (Lipinski definition) is 1. The number of hydrogen-bond acceptors (Lipinski definition) is 5. The van der Waals surface area contributed by atoms with Crippen molar-refractivity contribution >= 4 is 23.1 Å². The van der Waals surface area contributed by atoms with E-state index in [-0.39, 0.29) is 24.7 Å². The van der Waals surface area contributed by atoms with Crippen molar-refractivity contribution in [3.8, 4) is 5.75 Å². The van der Waals surface area contributed by atoms with Crippen molar-refractivity contribution in [2.45, 2.75) is 6.61 Å². The molecule has 0 unspecified atom stereocenters. The molecule has 0 bridgehead atoms. The number of nitrogens with zero attached hydrogens (tertiary/aromatic N) is 2. The van der Waals surface area contributed by atoms with Crippen LogP contribution in [0.5, 0.6) is 5.75 Å². The molecule has 1 N–H and O–H groups in total. The number of nitrogens with one attached hydrogen (secondary N) is 1. The third-order valence-corrected chi connectivity index (χ3v) is 3.75. The van der Waals surface area contributed by atoms with Gasteiger partial charge in [-0.15, -0.1) is 0 Å². The molecule has 0 radical (unpaired) electrons. The Hall–Kier alpha value is -3.35. The Labute approximate surface area is 136 Å². The van der Waals surface area contributed by atoms with Gasteiger partial charge in [-0.1, -0.05) is 12.1 Å². The van der Waals surface area contributed by atoms with Gasteiger partial charge in [-0.3, -0.25) is 4.79 Å². The number of carbonyl (C=O) groups is 2. The highest BCUT2D eigenvalue weighted by molar-refractivity contribution is 6.04. The zero-order valence-electron chi connectivity index (χ0n) is 12.6. The van der Waals surface area contributed by atoms with Gasteiger partial charge in [0.25, 0.3) is 5.91 Å². The molecule has 0 saturated heterocycles. The van der Waals surface area contributed by atoms with Crippen LogP contribution in [0.1, 0.15) is 15.9 Å². The van der Waals surface area contributed by atoms with Gasteiger partial charge in [0.2, 0.25) is 0 Å². The molecule has 1 aliphatic heterocycles. The van der Waals surface area contributed by atoms with E-state index in [9.17, 15) is 9.59 Å². The van der Waals surface area contributed by atoms with Crippen LogP contribution in [0.3, 0.4) is 0 Å². The third kappa shape index (κ3) is 2.45. The van der Waals surface area contributed by atoms with E-state index < -0.39 is 5.97 Å². The van der Waals surface area contributed by atoms with Crippen LogP contribution in [0.2, 0.25) is 0 Å². The topological polar surface area (TPSA) is 81.9 Å². The lowest BCUT2D eigenvalue weighted by Gasteiger charge is -2.20. The standard InChI is InChI=1S/C17H13N3O4/c21-15-10-23-14-5-1-4-12(16(14)19-15)17(22)24-9-11-3-2-8-20-13(11)6-7-18-20/h1-8H,9-10H2,(H,19,21). The van der Waals surface area contributed by atoms with Crippen molar-refractivity contribution in [1.82, 2.24) is 9.61 Å². The van der Waals surface area contributed by atoms with E-state index in [1.54, 1.807) is 28.9 Å². The predicted octanol–water partition coefficient (Wildman–Crippen LogP) is 2.02. The van der Waals surface area contributed by atoms with E-state index in [0.717, 1.165) is 11.1 Å². The minimum Gasteiger partial charge on any atom is -0.482 e. The minimum atomic E-state index is -0.529. The lowest BCUT2D eigenvalue weighted by molar-refractivity contribution is -0.118. The molecule has 0 spiro atoms. The number of ether oxygens (including phenoxy) is 2. The van der Waals surface area contributed by atoms with Crippen LogP contribution in [-0.2, 0) is 16.1 Å². The highest BCUT2D eigenvalue weighted by Gasteiger charge is 2.23. The summed E-state index contributed by atoms with van der Waals surface area (Å²) in [6.07, 6.45) is 3.50. The van der Waals surface area contributed by atoms with Gasteiger partial charge in [-0.25, -0.2) is 9.31 Å². The van der Waals surface area contributed by atoms with Crippen molar-refractivity contribution in [1.29, 1.82) is 0 Å². The SMILES string of the molecule is O=C1COc2cccc(C(=O)OCc3cccn4nccc34)c2N1. The van der Waals surface area contributed by atoms with E-state index in [1.165, 1.54) is 0 Å². The maximum absolute atomic E-state index is 12.4. The molecular weight excluding hydrogens is 310 g/mol. The molecule has 2 aromatic heterocycles. The second kappa shape index (κ2) is 5.69. The lowest BCUT2D eigenvalue weighted by Crippen LogP contribution is -2.27. The number of benzene rings is 1. The Morgan fingerprint density at radius 1 is 1.29 bits per heavy atom. The maximum atomic E-state index is 12.4. The normalized spacial score (nSPS) is 13.1. The maximum Gasteiger partial charge on any atom is 0.340 e. The zero-order valence-corrected chi connectivity index (χ0v) is 12.6. The quantitative estimate of drug-likeness (QED) is 0.746. The Kier molecular flexibility index (Phi) is 3.38. The van der Waals surface area contributed by atoms with Gasteiger partial charge in [0.1, 0.15) is 12.4 Å². The Balaban J connectivity index is 1.57. The predicted molar refractivity (Wildman–Crippen MR) is 84.9 cm³/mol. The van der Waals surface area contributed by atoms with Crippen molar-refractivity contribution in [3.63, 3.8) is 0 Å². The number of rotatable bonds is 3. The summed E-state index contributed by atoms with van der Waals surface area (Å²) in [6, 6.07) is 10.5. The number of carbonyl (C=O) groups excluding carboxylic acids is 2. The summed E-state index contributed by atoms with van der Waals surface area (Å²) in [4.78, 5) is 23.9. The molecule has 0 aliphatic carbocycles. The smallest absolute Gasteiger partial charge is 0.340 e. The Bertz CT molecular complexity index is 948. The number of fused-ring (bicyclic) bond motifs is 2. The molecular formula is C17H13N3O4. The summed E-state index contributed by atoms with van der Waals surface area (Å²) < 4.78 is 12.4. The molecule has 3 aromatic rings. The highest BCUT2D eigenvalue weighted by Crippen LogP contribution is 2.31. The van der Waals surface area contributed by atoms with E-state index in [0.29, 0.717) is 11.4 Å². The third-order valence-electron chi connectivity index (χ3n) is 3.75. The van der Waals surface area contributed by atoms with Crippen LogP contribution < -0.4 is 10.1 Å². The van der Waals surface area contributed by atoms with Crippen molar-refractivity contribution < 1.29 is 19.1 Å². The average molecular weight is 323 g/mol. The van der Waals surface area contributed by atoms with Crippen LogP contribution in [-0.4, -0.2) is 28.1 Å². The summed E-state index contributed by atoms with van der Waals surface area (Å²) in [7, 11) is 0. The molecule has 0 saturated carbocycles. The summed E-state index contributed by atoms with van der Waals surface area (Å²) in [5, 5.41) is 6.80. The molecule has 1 aromatic carbocycles. The fraction of sp³-hybridized carbons (Fsp3) is 0.118. The molecule has 7 nitrogen and oxygen atoms in total. The van der Waals surface area contributed by atoms with Crippen LogP contribution in [0, 0.1) is 0 Å². The first-order valence-corrected chi connectivity index (χ1v) is 7.36. The number of aromatic nitrogens is 2. The number of anilines is 1. The fourth-order valence-electron chi connectivity index (χ4n) is 2.63. The molecule has 0 fully saturated rings. The molecule has 0 atom stereocenters. The molecule has 120 valence electrons. The zero-order chi connectivity index (χ0) is 16.5. The number of esters is 1. The van der Waals surface area contributed by atoms with E-state index >= 15 is 0 Å². The summed E-state index contributed by atoms with van der Waals surface area (Å²) in [6.45, 7) is 0.0437. The van der Waals surface area contributed by atoms with E-state index in [2.05, 4.69) is 10.4 Å². The summed E-state index contributed by atoms with van der Waals surface area (Å²) in [5.74, 6) is -0.368. The van der Waals surface area contributed by atoms with Crippen LogP contribution in [0.25, 0.3) is 5.52 Å². The molecule has 1 aliphatic rings. The van der Waals surface area contributed by atoms with Crippen molar-refractivity contribution in [3.05, 3.63) is 59.9 Å². The van der Waals surface area contributed by atoms with E-state index in [1.807, 2.05) is 24.4 Å². The largest absolute Gasteiger partial charge is 0.482 e. The second-order valence-corrected chi connectivity index (χ2v) is 5.29. The van der Waals surface area contributed by atoms with Crippen LogP contribution >= 0.6 is 0 Å². The van der Waals surface area contributed by atoms with Gasteiger partial charge < -0.3 is 14.8 Å². The first-order chi connectivity index (χ1) is 11.7. The van der Waals surface area contributed by atoms with Crippen LogP contribution in [0.15, 0.2) is 48.8 Å². The molecule has 24 heavy (non-hydrogen) atoms. The van der Waals surface area contributed by atoms with Crippen molar-refractivity contribution in [2.24, 2.45) is 0 Å². The van der Waals surface area contributed by atoms with Crippen molar-refractivity contribution in [2.75, 3.05) is 11.9 Å². The average Bonchev–Trinajstić information content (AvgIpc) is 3.08. The fourth-order valence-corrected chi connectivity index (χ4v) is 2.63. The van der Waals surface area contributed by atoms with Crippen LogP contribution in [0.4, 0.5) is 5.69 Å². The van der Waals surface area contributed by atoms with Gasteiger partial charge in [-0.05, 0) is 24.3 Å². The summed E-state index contributed by atoms with van der Waals surface area (Å²) in [5.41, 5.74) is 2.33. The number of para-hydroxylation sites is 1. The Morgan fingerprint density at radius 2 is 2.21 bits per heavy atom. The van der Waals surface area contributed by atoms with E-state index in [4.69, 9.17) is 9.47 Å². The first kappa shape index (κ1) is 14.3. The van der Waals surface area contributed by atoms with Gasteiger partial charge in [-0.2, -0.15) is 5.10 Å². The van der Waals surface area contributed by atoms with Gasteiger partial charge in [0.15, 0.2) is 6.61 Å². The Morgan fingerprint density at radius 3 is 3.12 bits per heavy atom. The molecule has 1 amide bonds. The van der Waals surface area contributed by atoms with Gasteiger partial charge >= 0.3 is 5.97 Å². The molecule has 4 rings (SSSR count). The minimum absolute atomic E-state index is 0.0608.